The van der Waals surface area contributed by atoms with Crippen LogP contribution in [0.1, 0.15) is 83.1 Å². The summed E-state index contributed by atoms with van der Waals surface area (Å²) in [5, 5.41) is 8.55. The number of aromatic nitrogens is 2. The molecule has 0 radical (unpaired) electrons. The van der Waals surface area contributed by atoms with Gasteiger partial charge in [0.1, 0.15) is 0 Å². The first-order valence-corrected chi connectivity index (χ1v) is 13.2. The maximum Gasteiger partial charge on any atom is 0.327 e. The average molecular weight is 483 g/mol. The molecule has 1 heterocycles. The van der Waals surface area contributed by atoms with Crippen LogP contribution >= 0.6 is 0 Å². The largest absolute Gasteiger partial charge is 0.490 e. The lowest BCUT2D eigenvalue weighted by Crippen LogP contribution is -2.02. The highest BCUT2D eigenvalue weighted by Gasteiger charge is 2.03. The predicted octanol–water partition coefficient (Wildman–Crippen LogP) is 7.03. The van der Waals surface area contributed by atoms with Crippen LogP contribution in [-0.2, 0) is 16.0 Å². The van der Waals surface area contributed by atoms with Crippen LogP contribution in [0.25, 0.3) is 11.4 Å². The molecule has 0 aliphatic rings. The van der Waals surface area contributed by atoms with E-state index in [-0.39, 0.29) is 0 Å². The minimum atomic E-state index is -0.862. The fourth-order valence-electron chi connectivity index (χ4n) is 3.69. The van der Waals surface area contributed by atoms with E-state index >= 15 is 0 Å². The van der Waals surface area contributed by atoms with Gasteiger partial charge in [-0.2, -0.15) is 0 Å². The van der Waals surface area contributed by atoms with E-state index in [1.807, 2.05) is 0 Å². The van der Waals surface area contributed by atoms with Gasteiger partial charge in [-0.25, -0.2) is 14.8 Å². The molecule has 1 aromatic carbocycles. The van der Waals surface area contributed by atoms with Crippen molar-refractivity contribution in [1.29, 1.82) is 0 Å². The molecule has 0 aliphatic heterocycles. The third-order valence-corrected chi connectivity index (χ3v) is 5.78. The van der Waals surface area contributed by atoms with Gasteiger partial charge in [0.15, 0.2) is 11.6 Å². The lowest BCUT2D eigenvalue weighted by Gasteiger charge is -2.07. The number of hydrogen-bond donors (Lipinski definition) is 1. The molecular formula is C29H42N2O4. The number of aryl methyl sites for hydroxylation is 1. The van der Waals surface area contributed by atoms with Crippen LogP contribution in [0.15, 0.2) is 48.8 Å². The van der Waals surface area contributed by atoms with Gasteiger partial charge in [0.2, 0.25) is 0 Å². The van der Waals surface area contributed by atoms with Gasteiger partial charge >= 0.3 is 5.97 Å². The summed E-state index contributed by atoms with van der Waals surface area (Å²) in [6, 6.07) is 8.52. The molecule has 2 aromatic rings. The van der Waals surface area contributed by atoms with E-state index in [4.69, 9.17) is 14.6 Å². The Kier molecular flexibility index (Phi) is 15.1. The molecule has 0 amide bonds. The van der Waals surface area contributed by atoms with Crippen molar-refractivity contribution < 1.29 is 19.4 Å². The molecule has 0 saturated carbocycles. The topological polar surface area (TPSA) is 81.5 Å². The zero-order valence-corrected chi connectivity index (χ0v) is 21.3. The maximum atomic E-state index is 10.4. The van der Waals surface area contributed by atoms with Gasteiger partial charge in [0.25, 0.3) is 0 Å². The van der Waals surface area contributed by atoms with E-state index in [1.165, 1.54) is 43.7 Å². The number of carbonyl (C=O) groups is 1. The summed E-state index contributed by atoms with van der Waals surface area (Å²) in [5.74, 6) is 0.555. The number of ether oxygens (including phenoxy) is 2. The first-order chi connectivity index (χ1) is 17.2. The number of unbranched alkanes of at least 4 members (excludes halogenated alkanes) is 8. The minimum absolute atomic E-state index is 0.651. The number of rotatable bonds is 20. The Bertz CT molecular complexity index is 835. The second-order valence-corrected chi connectivity index (χ2v) is 8.86. The van der Waals surface area contributed by atoms with Gasteiger partial charge in [-0.15, -0.1) is 0 Å². The number of allylic oxidation sites excluding steroid dienone is 1. The molecule has 6 heteroatoms. The van der Waals surface area contributed by atoms with E-state index in [1.54, 1.807) is 18.5 Å². The number of aliphatic carboxylic acids is 1. The fraction of sp³-hybridized carbons (Fsp3) is 0.552. The molecule has 6 nitrogen and oxygen atoms in total. The summed E-state index contributed by atoms with van der Waals surface area (Å²) in [6.07, 6.45) is 19.7. The van der Waals surface area contributed by atoms with Gasteiger partial charge in [-0.1, -0.05) is 69.4 Å². The van der Waals surface area contributed by atoms with E-state index in [2.05, 4.69) is 41.2 Å². The Morgan fingerprint density at radius 3 is 2.23 bits per heavy atom. The lowest BCUT2D eigenvalue weighted by atomic mass is 10.0. The minimum Gasteiger partial charge on any atom is -0.490 e. The Balaban J connectivity index is 1.57. The van der Waals surface area contributed by atoms with Gasteiger partial charge < -0.3 is 14.6 Å². The van der Waals surface area contributed by atoms with Gasteiger partial charge in [0.05, 0.1) is 19.0 Å². The molecule has 1 aromatic heterocycles. The average Bonchev–Trinajstić information content (AvgIpc) is 2.87. The lowest BCUT2D eigenvalue weighted by molar-refractivity contribution is -0.131. The highest BCUT2D eigenvalue weighted by Crippen LogP contribution is 2.19. The van der Waals surface area contributed by atoms with Crippen molar-refractivity contribution in [2.24, 2.45) is 0 Å². The van der Waals surface area contributed by atoms with E-state index in [0.29, 0.717) is 18.2 Å². The summed E-state index contributed by atoms with van der Waals surface area (Å²) >= 11 is 0. The highest BCUT2D eigenvalue weighted by molar-refractivity contribution is 5.79. The molecule has 0 aliphatic carbocycles. The zero-order valence-electron chi connectivity index (χ0n) is 21.3. The molecule has 0 spiro atoms. The summed E-state index contributed by atoms with van der Waals surface area (Å²) in [6.45, 7) is 4.47. The SMILES string of the molecule is CCCCOCCCCOc1cnc(-c2ccc(CCCCCCCC/C=C/C(=O)O)cc2)nc1. The summed E-state index contributed by atoms with van der Waals surface area (Å²) < 4.78 is 11.3. The predicted molar refractivity (Wildman–Crippen MR) is 141 cm³/mol. The molecule has 35 heavy (non-hydrogen) atoms. The normalized spacial score (nSPS) is 11.2. The molecule has 2 rings (SSSR count). The Hall–Kier alpha value is -2.73. The van der Waals surface area contributed by atoms with Crippen molar-refractivity contribution in [1.82, 2.24) is 9.97 Å². The third kappa shape index (κ3) is 13.7. The van der Waals surface area contributed by atoms with Crippen LogP contribution in [-0.4, -0.2) is 40.9 Å². The van der Waals surface area contributed by atoms with E-state index in [0.717, 1.165) is 63.7 Å². The van der Waals surface area contributed by atoms with Crippen molar-refractivity contribution in [2.45, 2.75) is 84.0 Å². The first-order valence-electron chi connectivity index (χ1n) is 13.2. The van der Waals surface area contributed by atoms with E-state index < -0.39 is 5.97 Å². The molecule has 0 bridgehead atoms. The van der Waals surface area contributed by atoms with Gasteiger partial charge in [-0.05, 0) is 50.5 Å². The number of hydrogen-bond acceptors (Lipinski definition) is 5. The van der Waals surface area contributed by atoms with Crippen molar-refractivity contribution in [3.05, 3.63) is 54.4 Å². The number of carboxylic acid groups (broad SMARTS) is 1. The second kappa shape index (κ2) is 18.6. The highest BCUT2D eigenvalue weighted by atomic mass is 16.5. The van der Waals surface area contributed by atoms with Crippen LogP contribution in [0.5, 0.6) is 5.75 Å². The molecule has 0 unspecified atom stereocenters. The van der Waals surface area contributed by atoms with Crippen molar-refractivity contribution in [3.63, 3.8) is 0 Å². The van der Waals surface area contributed by atoms with Crippen LogP contribution in [0.2, 0.25) is 0 Å². The summed E-state index contributed by atoms with van der Waals surface area (Å²) in [4.78, 5) is 19.3. The van der Waals surface area contributed by atoms with Crippen molar-refractivity contribution in [2.75, 3.05) is 19.8 Å². The monoisotopic (exact) mass is 482 g/mol. The standard InChI is InChI=1S/C29H42N2O4/c1-2-3-20-34-21-12-13-22-35-27-23-30-29(31-24-27)26-18-16-25(17-19-26)14-10-8-6-4-5-7-9-11-15-28(32)33/h11,15-19,23-24H,2-10,12-14,20-22H2,1H3,(H,32,33)/b15-11+. The molecule has 0 fully saturated rings. The van der Waals surface area contributed by atoms with Crippen LogP contribution in [0.3, 0.4) is 0 Å². The van der Waals surface area contributed by atoms with Gasteiger partial charge in [0, 0.05) is 24.9 Å². The molecule has 192 valence electrons. The Morgan fingerprint density at radius 2 is 1.51 bits per heavy atom. The van der Waals surface area contributed by atoms with Crippen molar-refractivity contribution in [3.8, 4) is 17.1 Å². The Labute approximate surface area is 210 Å². The zero-order chi connectivity index (χ0) is 25.0. The molecular weight excluding hydrogens is 440 g/mol. The Morgan fingerprint density at radius 1 is 0.857 bits per heavy atom. The quantitative estimate of drug-likeness (QED) is 0.161. The second-order valence-electron chi connectivity index (χ2n) is 8.86. The molecule has 1 N–H and O–H groups in total. The molecule has 0 atom stereocenters. The summed E-state index contributed by atoms with van der Waals surface area (Å²) in [5.41, 5.74) is 2.35. The smallest absolute Gasteiger partial charge is 0.327 e. The fourth-order valence-corrected chi connectivity index (χ4v) is 3.69. The van der Waals surface area contributed by atoms with Crippen LogP contribution in [0, 0.1) is 0 Å². The number of carboxylic acids is 1. The number of benzene rings is 1. The van der Waals surface area contributed by atoms with Crippen LogP contribution in [0.4, 0.5) is 0 Å². The van der Waals surface area contributed by atoms with Gasteiger partial charge in [-0.3, -0.25) is 0 Å². The number of nitrogens with zero attached hydrogens (tertiary/aromatic N) is 2. The maximum absolute atomic E-state index is 10.4. The van der Waals surface area contributed by atoms with Crippen molar-refractivity contribution >= 4 is 5.97 Å². The van der Waals surface area contributed by atoms with Crippen LogP contribution < -0.4 is 4.74 Å². The molecule has 0 saturated heterocycles. The third-order valence-electron chi connectivity index (χ3n) is 5.78. The van der Waals surface area contributed by atoms with E-state index in [9.17, 15) is 4.79 Å². The summed E-state index contributed by atoms with van der Waals surface area (Å²) in [7, 11) is 0. The first kappa shape index (κ1) is 28.5.